The Morgan fingerprint density at radius 1 is 1.44 bits per heavy atom. The molecule has 0 radical (unpaired) electrons. The van der Waals surface area contributed by atoms with E-state index in [0.717, 1.165) is 12.8 Å². The van der Waals surface area contributed by atoms with E-state index in [0.29, 0.717) is 0 Å². The number of rotatable bonds is 1. The number of carbonyl (C=O) groups is 2. The maximum Gasteiger partial charge on any atom is 0.235 e. The molecule has 1 rings (SSSR count). The zero-order valence-electron chi connectivity index (χ0n) is 11.3. The summed E-state index contributed by atoms with van der Waals surface area (Å²) in [4.78, 5) is 25.9. The monoisotopic (exact) mass is 225 g/mol. The van der Waals surface area contributed by atoms with Gasteiger partial charge < -0.3 is 0 Å². The Morgan fingerprint density at radius 2 is 1.94 bits per heavy atom. The highest BCUT2D eigenvalue weighted by Crippen LogP contribution is 2.38. The van der Waals surface area contributed by atoms with Crippen LogP contribution in [0.5, 0.6) is 0 Å². The van der Waals surface area contributed by atoms with E-state index in [1.54, 1.807) is 0 Å². The molecule has 3 nitrogen and oxygen atoms in total. The number of hydrogen-bond donors (Lipinski definition) is 0. The Morgan fingerprint density at radius 3 is 2.31 bits per heavy atom. The number of carbonyl (C=O) groups excluding carboxylic acids is 2. The summed E-state index contributed by atoms with van der Waals surface area (Å²) in [6.45, 7) is 11.5. The second-order valence-corrected chi connectivity index (χ2v) is 6.38. The zero-order valence-corrected chi connectivity index (χ0v) is 11.3. The molecule has 92 valence electrons. The van der Waals surface area contributed by atoms with E-state index < -0.39 is 5.41 Å². The van der Waals surface area contributed by atoms with Crippen molar-refractivity contribution in [1.29, 1.82) is 0 Å². The second-order valence-electron chi connectivity index (χ2n) is 6.38. The van der Waals surface area contributed by atoms with Crippen molar-refractivity contribution < 1.29 is 9.59 Å². The van der Waals surface area contributed by atoms with Gasteiger partial charge >= 0.3 is 0 Å². The van der Waals surface area contributed by atoms with E-state index in [2.05, 4.69) is 0 Å². The molecule has 0 aromatic carbocycles. The predicted molar refractivity (Wildman–Crippen MR) is 63.8 cm³/mol. The van der Waals surface area contributed by atoms with Crippen LogP contribution in [-0.4, -0.2) is 22.8 Å². The molecule has 0 saturated carbocycles. The minimum atomic E-state index is -0.483. The highest BCUT2D eigenvalue weighted by atomic mass is 16.2. The fraction of sp³-hybridized carbons (Fsp3) is 0.846. The Labute approximate surface area is 98.2 Å². The molecule has 1 atom stereocenters. The summed E-state index contributed by atoms with van der Waals surface area (Å²) in [6, 6.07) is 0.0780. The zero-order chi connectivity index (χ0) is 12.7. The van der Waals surface area contributed by atoms with Crippen LogP contribution in [0.3, 0.4) is 0 Å². The first-order chi connectivity index (χ1) is 7.11. The lowest BCUT2D eigenvalue weighted by atomic mass is 9.89. The molecule has 0 spiro atoms. The van der Waals surface area contributed by atoms with Crippen LogP contribution in [0.2, 0.25) is 0 Å². The van der Waals surface area contributed by atoms with Crippen molar-refractivity contribution in [2.75, 3.05) is 0 Å². The van der Waals surface area contributed by atoms with Crippen LogP contribution in [0, 0.1) is 10.8 Å². The van der Waals surface area contributed by atoms with Gasteiger partial charge in [0.15, 0.2) is 0 Å². The number of nitrogens with zero attached hydrogens (tertiary/aromatic N) is 1. The maximum atomic E-state index is 12.2. The summed E-state index contributed by atoms with van der Waals surface area (Å²) in [5.74, 6) is -0.0609. The minimum absolute atomic E-state index is 0.0146. The molecule has 1 aliphatic heterocycles. The number of likely N-dealkylation sites (tertiary alicyclic amines) is 1. The van der Waals surface area contributed by atoms with Crippen LogP contribution in [-0.2, 0) is 9.59 Å². The molecule has 1 saturated heterocycles. The predicted octanol–water partition coefficient (Wildman–Crippen LogP) is 2.60. The van der Waals surface area contributed by atoms with E-state index in [9.17, 15) is 9.59 Å². The summed E-state index contributed by atoms with van der Waals surface area (Å²) in [6.07, 6.45) is 1.63. The van der Waals surface area contributed by atoms with Crippen LogP contribution in [0.1, 0.15) is 54.4 Å². The maximum absolute atomic E-state index is 12.2. The summed E-state index contributed by atoms with van der Waals surface area (Å²) < 4.78 is 0. The Bertz CT molecular complexity index is 312. The van der Waals surface area contributed by atoms with Gasteiger partial charge in [0, 0.05) is 16.9 Å². The third kappa shape index (κ3) is 2.13. The summed E-state index contributed by atoms with van der Waals surface area (Å²) >= 11 is 0. The molecule has 0 N–H and O–H groups in total. The molecule has 0 aromatic heterocycles. The smallest absolute Gasteiger partial charge is 0.235 e. The molecule has 0 unspecified atom stereocenters. The van der Waals surface area contributed by atoms with Crippen molar-refractivity contribution >= 4 is 11.8 Å². The first-order valence-corrected chi connectivity index (χ1v) is 5.99. The lowest BCUT2D eigenvalue weighted by Crippen LogP contribution is -2.45. The van der Waals surface area contributed by atoms with Gasteiger partial charge in [-0.25, -0.2) is 0 Å². The molecule has 1 heterocycles. The minimum Gasteiger partial charge on any atom is -0.279 e. The van der Waals surface area contributed by atoms with Crippen LogP contribution < -0.4 is 0 Å². The van der Waals surface area contributed by atoms with Gasteiger partial charge in [0.25, 0.3) is 0 Å². The van der Waals surface area contributed by atoms with Gasteiger partial charge in [-0.2, -0.15) is 0 Å². The van der Waals surface area contributed by atoms with Gasteiger partial charge in [0.1, 0.15) is 0 Å². The topological polar surface area (TPSA) is 37.4 Å². The van der Waals surface area contributed by atoms with Crippen molar-refractivity contribution in [2.24, 2.45) is 10.8 Å². The Kier molecular flexibility index (Phi) is 3.19. The summed E-state index contributed by atoms with van der Waals surface area (Å²) in [5.41, 5.74) is -0.870. The molecule has 16 heavy (non-hydrogen) atoms. The van der Waals surface area contributed by atoms with Gasteiger partial charge in [-0.3, -0.25) is 14.5 Å². The second kappa shape index (κ2) is 3.86. The molecule has 0 aromatic rings. The molecular weight excluding hydrogens is 202 g/mol. The molecular formula is C13H23NO2. The van der Waals surface area contributed by atoms with Crippen LogP contribution in [0.25, 0.3) is 0 Å². The molecule has 2 amide bonds. The number of amides is 2. The number of hydrogen-bond acceptors (Lipinski definition) is 2. The fourth-order valence-corrected chi connectivity index (χ4v) is 2.21. The average Bonchev–Trinajstić information content (AvgIpc) is 2.35. The van der Waals surface area contributed by atoms with Crippen molar-refractivity contribution in [3.05, 3.63) is 0 Å². The largest absolute Gasteiger partial charge is 0.279 e. The van der Waals surface area contributed by atoms with Crippen LogP contribution in [0.4, 0.5) is 0 Å². The van der Waals surface area contributed by atoms with E-state index in [-0.39, 0.29) is 23.3 Å². The first-order valence-electron chi connectivity index (χ1n) is 5.99. The lowest BCUT2D eigenvalue weighted by Gasteiger charge is -2.29. The SMILES string of the molecule is CC[C@@H]1CC(C)(C)C(=O)N1C(=O)C(C)(C)C. The van der Waals surface area contributed by atoms with Crippen molar-refractivity contribution in [3.8, 4) is 0 Å². The average molecular weight is 225 g/mol. The van der Waals surface area contributed by atoms with E-state index in [1.807, 2.05) is 41.5 Å². The molecule has 0 bridgehead atoms. The quantitative estimate of drug-likeness (QED) is 0.688. The molecule has 0 aliphatic carbocycles. The van der Waals surface area contributed by atoms with E-state index >= 15 is 0 Å². The van der Waals surface area contributed by atoms with Gasteiger partial charge in [-0.05, 0) is 12.8 Å². The van der Waals surface area contributed by atoms with Crippen LogP contribution >= 0.6 is 0 Å². The van der Waals surface area contributed by atoms with Gasteiger partial charge in [-0.1, -0.05) is 41.5 Å². The first kappa shape index (κ1) is 13.2. The third-order valence-electron chi connectivity index (χ3n) is 3.24. The third-order valence-corrected chi connectivity index (χ3v) is 3.24. The van der Waals surface area contributed by atoms with Crippen molar-refractivity contribution in [2.45, 2.75) is 60.4 Å². The molecule has 1 fully saturated rings. The van der Waals surface area contributed by atoms with E-state index in [1.165, 1.54) is 4.90 Å². The van der Waals surface area contributed by atoms with Gasteiger partial charge in [-0.15, -0.1) is 0 Å². The Balaban J connectivity index is 3.03. The summed E-state index contributed by atoms with van der Waals surface area (Å²) in [7, 11) is 0. The lowest BCUT2D eigenvalue weighted by molar-refractivity contribution is -0.152. The van der Waals surface area contributed by atoms with E-state index in [4.69, 9.17) is 0 Å². The van der Waals surface area contributed by atoms with Gasteiger partial charge in [0.05, 0.1) is 0 Å². The number of imide groups is 1. The highest BCUT2D eigenvalue weighted by molar-refractivity contribution is 6.01. The molecule has 1 aliphatic rings. The van der Waals surface area contributed by atoms with Crippen molar-refractivity contribution in [1.82, 2.24) is 4.90 Å². The van der Waals surface area contributed by atoms with Crippen LogP contribution in [0.15, 0.2) is 0 Å². The van der Waals surface area contributed by atoms with Gasteiger partial charge in [0.2, 0.25) is 11.8 Å². The van der Waals surface area contributed by atoms with Crippen molar-refractivity contribution in [3.63, 3.8) is 0 Å². The Hall–Kier alpha value is -0.860. The normalized spacial score (nSPS) is 25.0. The molecule has 3 heteroatoms. The standard InChI is InChI=1S/C13H23NO2/c1-7-9-8-13(5,6)11(16)14(9)10(15)12(2,3)4/h9H,7-8H2,1-6H3/t9-/m1/s1. The fourth-order valence-electron chi connectivity index (χ4n) is 2.21. The highest BCUT2D eigenvalue weighted by Gasteiger charge is 2.49. The summed E-state index contributed by atoms with van der Waals surface area (Å²) in [5, 5.41) is 0.